The Kier molecular flexibility index (Phi) is 8.39. The van der Waals surface area contributed by atoms with Crippen LogP contribution in [0, 0.1) is 5.92 Å². The maximum Gasteiger partial charge on any atom is 0.314 e. The average Bonchev–Trinajstić information content (AvgIpc) is 2.28. The second kappa shape index (κ2) is 8.98. The lowest BCUT2D eigenvalue weighted by molar-refractivity contribution is -0.141. The van der Waals surface area contributed by atoms with Gasteiger partial charge < -0.3 is 15.7 Å². The van der Waals surface area contributed by atoms with Crippen molar-refractivity contribution in [1.29, 1.82) is 0 Å². The number of urea groups is 1. The van der Waals surface area contributed by atoms with Crippen molar-refractivity contribution in [3.8, 4) is 0 Å². The Morgan fingerprint density at radius 3 is 2.41 bits per heavy atom. The highest BCUT2D eigenvalue weighted by molar-refractivity contribution is 7.84. The molecule has 0 radical (unpaired) electrons. The topological polar surface area (TPSA) is 95.5 Å². The van der Waals surface area contributed by atoms with Gasteiger partial charge in [-0.3, -0.25) is 9.00 Å². The summed E-state index contributed by atoms with van der Waals surface area (Å²) in [5.41, 5.74) is 0. The first-order chi connectivity index (χ1) is 7.97. The van der Waals surface area contributed by atoms with E-state index < -0.39 is 22.7 Å². The minimum Gasteiger partial charge on any atom is -0.481 e. The fraction of sp³-hybridized carbons (Fsp3) is 0.800. The lowest BCUT2D eigenvalue weighted by Gasteiger charge is -2.09. The molecule has 0 rings (SSSR count). The molecule has 6 nitrogen and oxygen atoms in total. The van der Waals surface area contributed by atoms with Crippen molar-refractivity contribution in [2.45, 2.75) is 20.3 Å². The Balaban J connectivity index is 3.53. The van der Waals surface area contributed by atoms with E-state index in [1.807, 2.05) is 6.92 Å². The van der Waals surface area contributed by atoms with Gasteiger partial charge in [0.05, 0.1) is 5.92 Å². The number of carboxylic acid groups (broad SMARTS) is 1. The monoisotopic (exact) mass is 264 g/mol. The number of hydrogen-bond acceptors (Lipinski definition) is 3. The predicted octanol–water partition coefficient (Wildman–Crippen LogP) is 0.165. The number of rotatable bonds is 8. The first-order valence-corrected chi connectivity index (χ1v) is 7.05. The van der Waals surface area contributed by atoms with Crippen molar-refractivity contribution in [1.82, 2.24) is 10.6 Å². The maximum atomic E-state index is 11.2. The van der Waals surface area contributed by atoms with E-state index >= 15 is 0 Å². The van der Waals surface area contributed by atoms with Crippen LogP contribution in [0.2, 0.25) is 0 Å². The van der Waals surface area contributed by atoms with Gasteiger partial charge in [-0.15, -0.1) is 0 Å². The smallest absolute Gasteiger partial charge is 0.314 e. The molecule has 0 bridgehead atoms. The van der Waals surface area contributed by atoms with E-state index in [2.05, 4.69) is 10.6 Å². The average molecular weight is 264 g/mol. The second-order valence-corrected chi connectivity index (χ2v) is 5.51. The molecule has 0 aliphatic carbocycles. The number of carbonyl (C=O) groups is 2. The third kappa shape index (κ3) is 8.67. The summed E-state index contributed by atoms with van der Waals surface area (Å²) < 4.78 is 11.0. The summed E-state index contributed by atoms with van der Waals surface area (Å²) in [6.45, 7) is 4.09. The summed E-state index contributed by atoms with van der Waals surface area (Å²) in [6, 6.07) is -0.351. The van der Waals surface area contributed by atoms with Gasteiger partial charge >= 0.3 is 12.0 Å². The molecule has 0 aliphatic heterocycles. The number of aliphatic carboxylic acids is 1. The summed E-state index contributed by atoms with van der Waals surface area (Å²) in [5.74, 6) is -0.317. The largest absolute Gasteiger partial charge is 0.481 e. The first-order valence-electron chi connectivity index (χ1n) is 5.56. The molecule has 7 heteroatoms. The lowest BCUT2D eigenvalue weighted by atomic mass is 10.1. The third-order valence-corrected chi connectivity index (χ3v) is 3.53. The van der Waals surface area contributed by atoms with Crippen molar-refractivity contribution >= 4 is 22.8 Å². The van der Waals surface area contributed by atoms with Gasteiger partial charge in [0.15, 0.2) is 0 Å². The van der Waals surface area contributed by atoms with Crippen LogP contribution in [0.15, 0.2) is 0 Å². The van der Waals surface area contributed by atoms with E-state index in [1.165, 1.54) is 0 Å². The fourth-order valence-corrected chi connectivity index (χ4v) is 1.63. The fourth-order valence-electron chi connectivity index (χ4n) is 1.01. The highest BCUT2D eigenvalue weighted by Gasteiger charge is 2.10. The zero-order valence-electron chi connectivity index (χ0n) is 10.2. The molecule has 0 saturated carbocycles. The van der Waals surface area contributed by atoms with E-state index in [9.17, 15) is 13.8 Å². The van der Waals surface area contributed by atoms with Gasteiger partial charge in [0, 0.05) is 35.4 Å². The standard InChI is InChI=1S/C10H20N2O4S/c1-3-17(16)7-6-12-10(15)11-5-4-8(2)9(13)14/h8H,3-7H2,1-2H3,(H,13,14)(H2,11,12,15). The SMILES string of the molecule is CCS(=O)CCNC(=O)NCCC(C)C(=O)O. The molecular weight excluding hydrogens is 244 g/mol. The highest BCUT2D eigenvalue weighted by Crippen LogP contribution is 1.99. The lowest BCUT2D eigenvalue weighted by Crippen LogP contribution is -2.38. The van der Waals surface area contributed by atoms with Gasteiger partial charge in [0.1, 0.15) is 0 Å². The summed E-state index contributed by atoms with van der Waals surface area (Å²) in [6.07, 6.45) is 0.393. The van der Waals surface area contributed by atoms with E-state index in [1.54, 1.807) is 6.92 Å². The number of carbonyl (C=O) groups excluding carboxylic acids is 1. The molecule has 2 atom stereocenters. The maximum absolute atomic E-state index is 11.2. The molecule has 2 unspecified atom stereocenters. The number of carboxylic acids is 1. The quantitative estimate of drug-likeness (QED) is 0.582. The molecule has 0 aromatic rings. The first kappa shape index (κ1) is 15.9. The van der Waals surface area contributed by atoms with Crippen LogP contribution in [0.25, 0.3) is 0 Å². The molecule has 0 heterocycles. The molecule has 3 N–H and O–H groups in total. The molecule has 100 valence electrons. The molecule has 2 amide bonds. The van der Waals surface area contributed by atoms with Crippen molar-refractivity contribution in [2.75, 3.05) is 24.6 Å². The van der Waals surface area contributed by atoms with E-state index in [4.69, 9.17) is 5.11 Å². The van der Waals surface area contributed by atoms with Crippen LogP contribution in [0.5, 0.6) is 0 Å². The van der Waals surface area contributed by atoms with Crippen molar-refractivity contribution in [2.24, 2.45) is 5.92 Å². The van der Waals surface area contributed by atoms with E-state index in [0.29, 0.717) is 31.0 Å². The zero-order chi connectivity index (χ0) is 13.3. The van der Waals surface area contributed by atoms with Crippen LogP contribution in [0.1, 0.15) is 20.3 Å². The van der Waals surface area contributed by atoms with Crippen LogP contribution >= 0.6 is 0 Å². The molecule has 0 spiro atoms. The Labute approximate surface area is 104 Å². The van der Waals surface area contributed by atoms with Crippen LogP contribution < -0.4 is 10.6 Å². The van der Waals surface area contributed by atoms with Gasteiger partial charge in [-0.05, 0) is 6.42 Å². The van der Waals surface area contributed by atoms with Gasteiger partial charge in [0.2, 0.25) is 0 Å². The predicted molar refractivity (Wildman–Crippen MR) is 66.4 cm³/mol. The van der Waals surface area contributed by atoms with Crippen molar-refractivity contribution in [3.05, 3.63) is 0 Å². The third-order valence-electron chi connectivity index (χ3n) is 2.22. The van der Waals surface area contributed by atoms with Crippen molar-refractivity contribution in [3.63, 3.8) is 0 Å². The molecule has 0 aromatic heterocycles. The van der Waals surface area contributed by atoms with Gasteiger partial charge in [-0.2, -0.15) is 0 Å². The number of hydrogen-bond donors (Lipinski definition) is 3. The number of nitrogens with one attached hydrogen (secondary N) is 2. The highest BCUT2D eigenvalue weighted by atomic mass is 32.2. The van der Waals surface area contributed by atoms with Gasteiger partial charge in [0.25, 0.3) is 0 Å². The van der Waals surface area contributed by atoms with Crippen LogP contribution in [0.4, 0.5) is 4.79 Å². The normalized spacial score (nSPS) is 13.8. The van der Waals surface area contributed by atoms with Crippen molar-refractivity contribution < 1.29 is 18.9 Å². The van der Waals surface area contributed by atoms with Crippen LogP contribution in [-0.4, -0.2) is 45.9 Å². The van der Waals surface area contributed by atoms with Crippen LogP contribution in [-0.2, 0) is 15.6 Å². The molecule has 0 aromatic carbocycles. The van der Waals surface area contributed by atoms with E-state index in [-0.39, 0.29) is 6.03 Å². The van der Waals surface area contributed by atoms with E-state index in [0.717, 1.165) is 0 Å². The summed E-state index contributed by atoms with van der Waals surface area (Å²) in [5, 5.41) is 13.7. The zero-order valence-corrected chi connectivity index (χ0v) is 11.0. The Morgan fingerprint density at radius 1 is 1.29 bits per heavy atom. The molecule has 0 aliphatic rings. The Bertz CT molecular complexity index is 283. The summed E-state index contributed by atoms with van der Waals surface area (Å²) >= 11 is 0. The van der Waals surface area contributed by atoms with Gasteiger partial charge in [-0.25, -0.2) is 4.79 Å². The second-order valence-electron chi connectivity index (χ2n) is 3.64. The molecule has 0 fully saturated rings. The molecular formula is C10H20N2O4S. The Hall–Kier alpha value is -1.11. The summed E-state index contributed by atoms with van der Waals surface area (Å²) in [4.78, 5) is 21.7. The Morgan fingerprint density at radius 2 is 1.88 bits per heavy atom. The molecule has 0 saturated heterocycles. The number of amides is 2. The summed E-state index contributed by atoms with van der Waals surface area (Å²) in [7, 11) is -0.883. The minimum atomic E-state index is -0.883. The molecule has 17 heavy (non-hydrogen) atoms. The van der Waals surface area contributed by atoms with Gasteiger partial charge in [-0.1, -0.05) is 13.8 Å². The minimum absolute atomic E-state index is 0.316. The van der Waals surface area contributed by atoms with Crippen LogP contribution in [0.3, 0.4) is 0 Å².